The number of pyridine rings is 1. The van der Waals surface area contributed by atoms with Crippen LogP contribution in [0.4, 0.5) is 0 Å². The molecule has 2 aromatic carbocycles. The number of fused-ring (bicyclic) bond motifs is 3. The molecule has 4 aromatic rings. The first-order chi connectivity index (χ1) is 19.5. The number of hydrogen-bond donors (Lipinski definition) is 4. The fraction of sp³-hybridized carbons (Fsp3) is 0.367. The van der Waals surface area contributed by atoms with Crippen molar-refractivity contribution in [2.75, 3.05) is 26.4 Å². The third-order valence-electron chi connectivity index (χ3n) is 6.71. The monoisotopic (exact) mass is 580 g/mol. The average molecular weight is 581 g/mol. The van der Waals surface area contributed by atoms with Crippen molar-refractivity contribution in [3.63, 3.8) is 0 Å². The van der Waals surface area contributed by atoms with Crippen molar-refractivity contribution >= 4 is 42.3 Å². The summed E-state index contributed by atoms with van der Waals surface area (Å²) in [6, 6.07) is 15.3. The van der Waals surface area contributed by atoms with Gasteiger partial charge in [-0.15, -0.1) is 11.8 Å². The van der Waals surface area contributed by atoms with E-state index in [0.29, 0.717) is 13.3 Å². The van der Waals surface area contributed by atoms with Crippen LogP contribution in [0.3, 0.4) is 0 Å². The van der Waals surface area contributed by atoms with Crippen LogP contribution in [0.15, 0.2) is 65.5 Å². The summed E-state index contributed by atoms with van der Waals surface area (Å²) >= 11 is 1.98. The van der Waals surface area contributed by atoms with E-state index in [1.165, 1.54) is 28.9 Å². The number of benzene rings is 2. The van der Waals surface area contributed by atoms with Crippen LogP contribution in [-0.2, 0) is 4.52 Å². The summed E-state index contributed by atoms with van der Waals surface area (Å²) in [5.41, 5.74) is 6.19. The number of rotatable bonds is 11. The van der Waals surface area contributed by atoms with E-state index in [4.69, 9.17) is 19.0 Å². The normalized spacial score (nSPS) is 14.8. The Morgan fingerprint density at radius 1 is 1.15 bits per heavy atom. The molecule has 1 aliphatic carbocycles. The molecule has 0 unspecified atom stereocenters. The Morgan fingerprint density at radius 3 is 2.80 bits per heavy atom. The van der Waals surface area contributed by atoms with E-state index in [0.717, 1.165) is 57.2 Å². The van der Waals surface area contributed by atoms with Crippen molar-refractivity contribution in [3.8, 4) is 16.9 Å². The highest BCUT2D eigenvalue weighted by molar-refractivity contribution is 8.00. The molecule has 2 aliphatic rings. The minimum absolute atomic E-state index is 0.159. The van der Waals surface area contributed by atoms with Crippen LogP contribution in [0.25, 0.3) is 33.1 Å². The molecule has 4 N–H and O–H groups in total. The summed E-state index contributed by atoms with van der Waals surface area (Å²) in [6.07, 6.45) is 7.30. The SMILES string of the molecule is CC.Cc1cnc2[nH]c3c(OCCCN4C=C(COP(O)O)NC4)ccc(-c4cccc(SC5CC5)c4)c3c2c1. The van der Waals surface area contributed by atoms with Gasteiger partial charge in [-0.3, -0.25) is 0 Å². The van der Waals surface area contributed by atoms with Gasteiger partial charge < -0.3 is 34.2 Å². The van der Waals surface area contributed by atoms with E-state index in [1.807, 2.05) is 38.0 Å². The molecule has 1 aliphatic heterocycles. The first-order valence-electron chi connectivity index (χ1n) is 13.8. The van der Waals surface area contributed by atoms with Crippen molar-refractivity contribution < 1.29 is 19.0 Å². The van der Waals surface area contributed by atoms with Crippen LogP contribution in [-0.4, -0.2) is 56.3 Å². The molecule has 6 rings (SSSR count). The second kappa shape index (κ2) is 13.2. The molecule has 0 spiro atoms. The molecule has 0 radical (unpaired) electrons. The number of aromatic amines is 1. The molecule has 212 valence electrons. The number of hydrogen-bond acceptors (Lipinski definition) is 8. The Labute approximate surface area is 240 Å². The maximum Gasteiger partial charge on any atom is 0.327 e. The van der Waals surface area contributed by atoms with Crippen LogP contribution < -0.4 is 10.1 Å². The lowest BCUT2D eigenvalue weighted by Gasteiger charge is -2.15. The van der Waals surface area contributed by atoms with Crippen LogP contribution in [0.5, 0.6) is 5.75 Å². The molecule has 8 nitrogen and oxygen atoms in total. The van der Waals surface area contributed by atoms with Crippen molar-refractivity contribution in [1.82, 2.24) is 20.2 Å². The van der Waals surface area contributed by atoms with Gasteiger partial charge in [-0.2, -0.15) is 0 Å². The number of ether oxygens (including phenoxy) is 1. The fourth-order valence-electron chi connectivity index (χ4n) is 4.77. The van der Waals surface area contributed by atoms with E-state index in [2.05, 4.69) is 69.6 Å². The zero-order chi connectivity index (χ0) is 28.1. The second-order valence-corrected chi connectivity index (χ2v) is 11.9. The minimum atomic E-state index is -2.34. The molecule has 0 saturated heterocycles. The Morgan fingerprint density at radius 2 is 2.00 bits per heavy atom. The number of nitrogens with zero attached hydrogens (tertiary/aromatic N) is 2. The summed E-state index contributed by atoms with van der Waals surface area (Å²) < 4.78 is 11.2. The van der Waals surface area contributed by atoms with E-state index < -0.39 is 8.60 Å². The van der Waals surface area contributed by atoms with Gasteiger partial charge >= 0.3 is 8.60 Å². The van der Waals surface area contributed by atoms with Gasteiger partial charge in [-0.25, -0.2) is 4.98 Å². The van der Waals surface area contributed by atoms with Crippen LogP contribution in [0.2, 0.25) is 0 Å². The third-order valence-corrected chi connectivity index (χ3v) is 8.40. The van der Waals surface area contributed by atoms with Crippen molar-refractivity contribution in [1.29, 1.82) is 0 Å². The summed E-state index contributed by atoms with van der Waals surface area (Å²) in [5.74, 6) is 0.825. The Hall–Kier alpha value is -2.81. The maximum atomic E-state index is 8.93. The number of nitrogens with one attached hydrogen (secondary N) is 2. The van der Waals surface area contributed by atoms with Gasteiger partial charge in [0.2, 0.25) is 0 Å². The predicted molar refractivity (Wildman–Crippen MR) is 164 cm³/mol. The van der Waals surface area contributed by atoms with E-state index in [-0.39, 0.29) is 6.61 Å². The first kappa shape index (κ1) is 28.7. The molecule has 0 amide bonds. The van der Waals surface area contributed by atoms with Gasteiger partial charge in [-0.1, -0.05) is 26.0 Å². The standard InChI is InChI=1S/C28H31N4O4PS.C2H6/c1-18-12-24-26-23(19-4-2-5-22(13-19)38-21-6-7-21)8-9-25(27(26)31-28(24)29-14-18)35-11-3-10-32-15-20(30-17-32)16-36-37(33)34;1-2/h2,4-5,8-9,12-15,21,30,33-34H,3,6-7,10-11,16-17H2,1H3,(H,29,31);1-2H3. The van der Waals surface area contributed by atoms with Crippen molar-refractivity contribution in [3.05, 3.63) is 66.1 Å². The topological polar surface area (TPSA) is 103 Å². The van der Waals surface area contributed by atoms with Gasteiger partial charge in [-0.05, 0) is 73.2 Å². The molecule has 0 atom stereocenters. The largest absolute Gasteiger partial charge is 0.491 e. The molecular weight excluding hydrogens is 543 g/mol. The van der Waals surface area contributed by atoms with E-state index in [9.17, 15) is 0 Å². The summed E-state index contributed by atoms with van der Waals surface area (Å²) in [6.45, 7) is 8.27. The van der Waals surface area contributed by atoms with Gasteiger partial charge in [0.25, 0.3) is 0 Å². The molecular formula is C30H37N4O4PS. The van der Waals surface area contributed by atoms with Crippen LogP contribution >= 0.6 is 20.4 Å². The minimum Gasteiger partial charge on any atom is -0.491 e. The smallest absolute Gasteiger partial charge is 0.327 e. The highest BCUT2D eigenvalue weighted by Gasteiger charge is 2.23. The third kappa shape index (κ3) is 6.90. The van der Waals surface area contributed by atoms with Crippen molar-refractivity contribution in [2.45, 2.75) is 50.2 Å². The highest BCUT2D eigenvalue weighted by Crippen LogP contribution is 2.42. The quantitative estimate of drug-likeness (QED) is 0.115. The fourth-order valence-corrected chi connectivity index (χ4v) is 6.13. The Bertz CT molecular complexity index is 1490. The van der Waals surface area contributed by atoms with Crippen LogP contribution in [0.1, 0.15) is 38.7 Å². The lowest BCUT2D eigenvalue weighted by molar-refractivity contribution is 0.272. The zero-order valence-electron chi connectivity index (χ0n) is 23.2. The van der Waals surface area contributed by atoms with Gasteiger partial charge in [0.1, 0.15) is 11.4 Å². The van der Waals surface area contributed by atoms with Gasteiger partial charge in [0, 0.05) is 39.9 Å². The molecule has 1 fully saturated rings. The molecule has 10 heteroatoms. The summed E-state index contributed by atoms with van der Waals surface area (Å²) in [7, 11) is -2.34. The molecule has 1 saturated carbocycles. The molecule has 3 heterocycles. The Kier molecular flexibility index (Phi) is 9.50. The average Bonchev–Trinajstić information content (AvgIpc) is 3.52. The highest BCUT2D eigenvalue weighted by atomic mass is 32.2. The first-order valence-corrected chi connectivity index (χ1v) is 15.9. The summed E-state index contributed by atoms with van der Waals surface area (Å²) in [5, 5.41) is 6.22. The lowest BCUT2D eigenvalue weighted by atomic mass is 9.99. The molecule has 0 bridgehead atoms. The predicted octanol–water partition coefficient (Wildman–Crippen LogP) is 6.67. The van der Waals surface area contributed by atoms with E-state index >= 15 is 0 Å². The number of aryl methyl sites for hydroxylation is 1. The number of aromatic nitrogens is 2. The second-order valence-electron chi connectivity index (χ2n) is 9.77. The van der Waals surface area contributed by atoms with Gasteiger partial charge in [0.05, 0.1) is 31.1 Å². The zero-order valence-corrected chi connectivity index (χ0v) is 24.9. The molecule has 40 heavy (non-hydrogen) atoms. The lowest BCUT2D eigenvalue weighted by Crippen LogP contribution is -2.23. The van der Waals surface area contributed by atoms with Gasteiger partial charge in [0.15, 0.2) is 0 Å². The van der Waals surface area contributed by atoms with Crippen molar-refractivity contribution in [2.24, 2.45) is 0 Å². The maximum absolute atomic E-state index is 8.93. The number of H-pyrrole nitrogens is 1. The molecule has 2 aromatic heterocycles. The Balaban J connectivity index is 0.00000158. The van der Waals surface area contributed by atoms with E-state index in [1.54, 1.807) is 0 Å². The van der Waals surface area contributed by atoms with Crippen LogP contribution in [0, 0.1) is 6.92 Å². The summed E-state index contributed by atoms with van der Waals surface area (Å²) in [4.78, 5) is 29.5. The number of thioether (sulfide) groups is 1.